The fraction of sp³-hybridized carbons (Fsp3) is 0.643. The van der Waals surface area contributed by atoms with Gasteiger partial charge in [-0.3, -0.25) is 0 Å². The second kappa shape index (κ2) is 7.12. The van der Waals surface area contributed by atoms with Crippen molar-refractivity contribution in [3.8, 4) is 0 Å². The van der Waals surface area contributed by atoms with E-state index in [1.54, 1.807) is 11.8 Å². The highest BCUT2D eigenvalue weighted by atomic mass is 32.2. The molecule has 1 aromatic rings. The minimum absolute atomic E-state index is 0.129. The molecule has 0 saturated heterocycles. The fourth-order valence-electron chi connectivity index (χ4n) is 1.25. The Balaban J connectivity index is 2.42. The van der Waals surface area contributed by atoms with Gasteiger partial charge in [-0.05, 0) is 38.3 Å². The Hall–Kier alpha value is -0.580. The van der Waals surface area contributed by atoms with Crippen molar-refractivity contribution < 1.29 is 5.11 Å². The van der Waals surface area contributed by atoms with E-state index in [4.69, 9.17) is 5.11 Å². The summed E-state index contributed by atoms with van der Waals surface area (Å²) in [6.07, 6.45) is 1.92. The molecular weight excluding hydrogens is 244 g/mol. The van der Waals surface area contributed by atoms with E-state index in [2.05, 4.69) is 43.2 Å². The lowest BCUT2D eigenvalue weighted by Crippen LogP contribution is -2.35. The number of rotatable bonds is 6. The molecule has 0 aromatic carbocycles. The van der Waals surface area contributed by atoms with E-state index in [0.717, 1.165) is 17.3 Å². The minimum atomic E-state index is 0.129. The molecule has 102 valence electrons. The number of aromatic nitrogens is 1. The summed E-state index contributed by atoms with van der Waals surface area (Å²) in [5.74, 6) is 1.22. The molecule has 0 spiro atoms. The maximum absolute atomic E-state index is 8.96. The predicted molar refractivity (Wildman–Crippen MR) is 77.8 cm³/mol. The third-order valence-corrected chi connectivity index (χ3v) is 3.72. The molecule has 0 aliphatic rings. The average molecular weight is 268 g/mol. The quantitative estimate of drug-likeness (QED) is 0.779. The Morgan fingerprint density at radius 3 is 2.61 bits per heavy atom. The number of aliphatic hydroxyl groups excluding tert-OH is 1. The normalized spacial score (nSPS) is 13.6. The van der Waals surface area contributed by atoms with Gasteiger partial charge in [0.15, 0.2) is 0 Å². The first-order valence-corrected chi connectivity index (χ1v) is 7.33. The monoisotopic (exact) mass is 268 g/mol. The van der Waals surface area contributed by atoms with Crippen LogP contribution in [0.5, 0.6) is 0 Å². The summed E-state index contributed by atoms with van der Waals surface area (Å²) in [6.45, 7) is 9.58. The summed E-state index contributed by atoms with van der Waals surface area (Å²) in [4.78, 5) is 4.43. The van der Waals surface area contributed by atoms with Crippen LogP contribution in [-0.2, 0) is 6.54 Å². The molecule has 0 aliphatic heterocycles. The molecule has 3 nitrogen and oxygen atoms in total. The molecule has 0 radical (unpaired) electrons. The van der Waals surface area contributed by atoms with Gasteiger partial charge in [-0.1, -0.05) is 13.0 Å². The van der Waals surface area contributed by atoms with Crippen molar-refractivity contribution in [2.75, 3.05) is 12.4 Å². The molecule has 1 atom stereocenters. The Morgan fingerprint density at radius 2 is 2.11 bits per heavy atom. The topological polar surface area (TPSA) is 45.1 Å². The SMILES string of the molecule is CC(CO)CSc1ccc(CNC(C)(C)C)cn1. The molecule has 4 heteroatoms. The fourth-order valence-corrected chi connectivity index (χ4v) is 2.10. The lowest BCUT2D eigenvalue weighted by atomic mass is 10.1. The maximum Gasteiger partial charge on any atom is 0.0960 e. The predicted octanol–water partition coefficient (Wildman–Crippen LogP) is 2.69. The van der Waals surface area contributed by atoms with Gasteiger partial charge in [0.05, 0.1) is 5.03 Å². The van der Waals surface area contributed by atoms with E-state index >= 15 is 0 Å². The highest BCUT2D eigenvalue weighted by Crippen LogP contribution is 2.18. The van der Waals surface area contributed by atoms with E-state index in [1.165, 1.54) is 5.56 Å². The Morgan fingerprint density at radius 1 is 1.39 bits per heavy atom. The van der Waals surface area contributed by atoms with Crippen molar-refractivity contribution in [3.63, 3.8) is 0 Å². The first kappa shape index (κ1) is 15.5. The molecule has 0 aliphatic carbocycles. The van der Waals surface area contributed by atoms with Gasteiger partial charge in [-0.2, -0.15) is 0 Å². The standard InChI is InChI=1S/C14H24N2OS/c1-11(9-17)10-18-13-6-5-12(7-15-13)8-16-14(2,3)4/h5-7,11,16-17H,8-10H2,1-4H3. The summed E-state index contributed by atoms with van der Waals surface area (Å²) in [7, 11) is 0. The number of aliphatic hydroxyl groups is 1. The zero-order valence-electron chi connectivity index (χ0n) is 11.7. The van der Waals surface area contributed by atoms with Crippen LogP contribution in [0.2, 0.25) is 0 Å². The molecular formula is C14H24N2OS. The molecule has 0 saturated carbocycles. The zero-order valence-corrected chi connectivity index (χ0v) is 12.5. The molecule has 1 unspecified atom stereocenters. The molecule has 1 heterocycles. The van der Waals surface area contributed by atoms with E-state index < -0.39 is 0 Å². The van der Waals surface area contributed by atoms with Crippen LogP contribution in [0.1, 0.15) is 33.3 Å². The lowest BCUT2D eigenvalue weighted by Gasteiger charge is -2.20. The van der Waals surface area contributed by atoms with E-state index in [1.807, 2.05) is 13.1 Å². The second-order valence-corrected chi connectivity index (χ2v) is 6.75. The van der Waals surface area contributed by atoms with Gasteiger partial charge in [-0.25, -0.2) is 4.98 Å². The van der Waals surface area contributed by atoms with Crippen molar-refractivity contribution >= 4 is 11.8 Å². The number of hydrogen-bond acceptors (Lipinski definition) is 4. The smallest absolute Gasteiger partial charge is 0.0960 e. The zero-order chi connectivity index (χ0) is 13.6. The third-order valence-electron chi connectivity index (χ3n) is 2.45. The summed E-state index contributed by atoms with van der Waals surface area (Å²) in [5, 5.41) is 13.4. The van der Waals surface area contributed by atoms with Gasteiger partial charge in [0.25, 0.3) is 0 Å². The van der Waals surface area contributed by atoms with Crippen LogP contribution in [0.3, 0.4) is 0 Å². The van der Waals surface area contributed by atoms with Gasteiger partial charge in [-0.15, -0.1) is 11.8 Å². The summed E-state index contributed by atoms with van der Waals surface area (Å²) >= 11 is 1.69. The summed E-state index contributed by atoms with van der Waals surface area (Å²) in [6, 6.07) is 4.16. The van der Waals surface area contributed by atoms with Gasteiger partial charge < -0.3 is 10.4 Å². The Labute approximate surface area is 114 Å². The van der Waals surface area contributed by atoms with E-state index in [9.17, 15) is 0 Å². The van der Waals surface area contributed by atoms with Crippen LogP contribution in [0.25, 0.3) is 0 Å². The molecule has 18 heavy (non-hydrogen) atoms. The lowest BCUT2D eigenvalue weighted by molar-refractivity contribution is 0.250. The van der Waals surface area contributed by atoms with Crippen LogP contribution < -0.4 is 5.32 Å². The van der Waals surface area contributed by atoms with Crippen molar-refractivity contribution in [1.82, 2.24) is 10.3 Å². The average Bonchev–Trinajstić information content (AvgIpc) is 2.33. The highest BCUT2D eigenvalue weighted by Gasteiger charge is 2.08. The van der Waals surface area contributed by atoms with Crippen LogP contribution in [0, 0.1) is 5.92 Å². The largest absolute Gasteiger partial charge is 0.396 e. The molecule has 1 rings (SSSR count). The number of nitrogens with zero attached hydrogens (tertiary/aromatic N) is 1. The summed E-state index contributed by atoms with van der Waals surface area (Å²) in [5.41, 5.74) is 1.33. The number of pyridine rings is 1. The van der Waals surface area contributed by atoms with Crippen LogP contribution in [0.15, 0.2) is 23.4 Å². The van der Waals surface area contributed by atoms with Crippen molar-refractivity contribution in [2.45, 2.75) is 44.8 Å². The van der Waals surface area contributed by atoms with Crippen LogP contribution >= 0.6 is 11.8 Å². The van der Waals surface area contributed by atoms with Crippen LogP contribution in [-0.4, -0.2) is 28.0 Å². The van der Waals surface area contributed by atoms with E-state index in [0.29, 0.717) is 5.92 Å². The highest BCUT2D eigenvalue weighted by molar-refractivity contribution is 7.99. The molecule has 1 aromatic heterocycles. The number of hydrogen-bond donors (Lipinski definition) is 2. The van der Waals surface area contributed by atoms with Gasteiger partial charge in [0.2, 0.25) is 0 Å². The van der Waals surface area contributed by atoms with Crippen molar-refractivity contribution in [2.24, 2.45) is 5.92 Å². The molecule has 0 amide bonds. The van der Waals surface area contributed by atoms with Crippen molar-refractivity contribution in [1.29, 1.82) is 0 Å². The molecule has 2 N–H and O–H groups in total. The second-order valence-electron chi connectivity index (χ2n) is 5.71. The van der Waals surface area contributed by atoms with E-state index in [-0.39, 0.29) is 12.1 Å². The number of thioether (sulfide) groups is 1. The van der Waals surface area contributed by atoms with Gasteiger partial charge in [0, 0.05) is 30.6 Å². The summed E-state index contributed by atoms with van der Waals surface area (Å²) < 4.78 is 0. The van der Waals surface area contributed by atoms with Gasteiger partial charge >= 0.3 is 0 Å². The molecule has 0 fully saturated rings. The first-order chi connectivity index (χ1) is 8.40. The first-order valence-electron chi connectivity index (χ1n) is 6.34. The van der Waals surface area contributed by atoms with Gasteiger partial charge in [0.1, 0.15) is 0 Å². The minimum Gasteiger partial charge on any atom is -0.396 e. The van der Waals surface area contributed by atoms with Crippen molar-refractivity contribution in [3.05, 3.63) is 23.9 Å². The Bertz CT molecular complexity index is 346. The Kier molecular flexibility index (Phi) is 6.12. The molecule has 0 bridgehead atoms. The maximum atomic E-state index is 8.96. The third kappa shape index (κ3) is 6.38. The van der Waals surface area contributed by atoms with Crippen LogP contribution in [0.4, 0.5) is 0 Å². The number of nitrogens with one attached hydrogen (secondary N) is 1.